The molecule has 1 aliphatic carbocycles. The Bertz CT molecular complexity index is 155. The van der Waals surface area contributed by atoms with Crippen molar-refractivity contribution < 1.29 is 5.11 Å². The summed E-state index contributed by atoms with van der Waals surface area (Å²) in [7, 11) is 2.02. The van der Waals surface area contributed by atoms with Crippen molar-refractivity contribution in [2.24, 2.45) is 5.41 Å². The van der Waals surface area contributed by atoms with Crippen LogP contribution >= 0.6 is 0 Å². The first-order chi connectivity index (χ1) is 6.04. The molecule has 0 aliphatic heterocycles. The van der Waals surface area contributed by atoms with Gasteiger partial charge in [0.05, 0.1) is 0 Å². The number of rotatable bonds is 3. The minimum atomic E-state index is 0.226. The molecule has 0 bridgehead atoms. The monoisotopic (exact) mass is 185 g/mol. The van der Waals surface area contributed by atoms with Crippen LogP contribution in [-0.2, 0) is 0 Å². The fourth-order valence-corrected chi connectivity index (χ4v) is 2.24. The normalized spacial score (nSPS) is 25.8. The van der Waals surface area contributed by atoms with Crippen LogP contribution in [0.15, 0.2) is 0 Å². The molecule has 1 fully saturated rings. The smallest absolute Gasteiger partial charge is 0.0448 e. The van der Waals surface area contributed by atoms with Gasteiger partial charge in [-0.2, -0.15) is 0 Å². The van der Waals surface area contributed by atoms with Crippen molar-refractivity contribution in [3.63, 3.8) is 0 Å². The van der Waals surface area contributed by atoms with Crippen LogP contribution in [0.5, 0.6) is 0 Å². The Labute approximate surface area is 81.7 Å². The lowest BCUT2D eigenvalue weighted by Crippen LogP contribution is -2.48. The van der Waals surface area contributed by atoms with Crippen LogP contribution in [0.4, 0.5) is 0 Å². The molecule has 1 aliphatic rings. The first kappa shape index (κ1) is 11.0. The standard InChI is InChI=1S/C11H23NO/c1-10(2)4-6-11(12-3,7-5-10)8-9-13/h12-13H,4-9H2,1-3H3. The van der Waals surface area contributed by atoms with E-state index >= 15 is 0 Å². The third kappa shape index (κ3) is 2.68. The highest BCUT2D eigenvalue weighted by atomic mass is 16.3. The Morgan fingerprint density at radius 2 is 1.69 bits per heavy atom. The Hall–Kier alpha value is -0.0800. The summed E-state index contributed by atoms with van der Waals surface area (Å²) in [6, 6.07) is 0. The maximum atomic E-state index is 9.00. The molecule has 2 heteroatoms. The minimum absolute atomic E-state index is 0.226. The van der Waals surface area contributed by atoms with Gasteiger partial charge >= 0.3 is 0 Å². The number of nitrogens with one attached hydrogen (secondary N) is 1. The van der Waals surface area contributed by atoms with Gasteiger partial charge in [-0.25, -0.2) is 0 Å². The third-order valence-electron chi connectivity index (χ3n) is 3.68. The largest absolute Gasteiger partial charge is 0.396 e. The SMILES string of the molecule is CNC1(CCO)CCC(C)(C)CC1. The lowest BCUT2D eigenvalue weighted by Gasteiger charge is -2.43. The van der Waals surface area contributed by atoms with E-state index in [0.717, 1.165) is 6.42 Å². The summed E-state index contributed by atoms with van der Waals surface area (Å²) in [5, 5.41) is 12.4. The predicted molar refractivity (Wildman–Crippen MR) is 55.7 cm³/mol. The molecule has 78 valence electrons. The molecule has 0 spiro atoms. The van der Waals surface area contributed by atoms with Gasteiger partial charge in [-0.05, 0) is 44.6 Å². The first-order valence-corrected chi connectivity index (χ1v) is 5.33. The molecule has 0 unspecified atom stereocenters. The topological polar surface area (TPSA) is 32.3 Å². The Balaban J connectivity index is 2.52. The minimum Gasteiger partial charge on any atom is -0.396 e. The Morgan fingerprint density at radius 1 is 1.15 bits per heavy atom. The van der Waals surface area contributed by atoms with E-state index in [1.54, 1.807) is 0 Å². The van der Waals surface area contributed by atoms with E-state index in [1.165, 1.54) is 25.7 Å². The van der Waals surface area contributed by atoms with Gasteiger partial charge in [-0.1, -0.05) is 13.8 Å². The molecular weight excluding hydrogens is 162 g/mol. The zero-order chi connectivity index (χ0) is 9.95. The molecule has 2 N–H and O–H groups in total. The van der Waals surface area contributed by atoms with Crippen molar-refractivity contribution in [1.29, 1.82) is 0 Å². The van der Waals surface area contributed by atoms with Crippen molar-refractivity contribution in [2.75, 3.05) is 13.7 Å². The van der Waals surface area contributed by atoms with Crippen LogP contribution in [-0.4, -0.2) is 24.3 Å². The van der Waals surface area contributed by atoms with E-state index in [9.17, 15) is 0 Å². The highest BCUT2D eigenvalue weighted by Gasteiger charge is 2.36. The molecule has 1 saturated carbocycles. The molecule has 0 amide bonds. The molecule has 0 aromatic rings. The molecule has 0 saturated heterocycles. The van der Waals surface area contributed by atoms with Crippen molar-refractivity contribution in [1.82, 2.24) is 5.32 Å². The van der Waals surface area contributed by atoms with E-state index in [4.69, 9.17) is 5.11 Å². The molecule has 0 radical (unpaired) electrons. The molecule has 0 heterocycles. The number of aliphatic hydroxyl groups excluding tert-OH is 1. The zero-order valence-corrected chi connectivity index (χ0v) is 9.19. The van der Waals surface area contributed by atoms with Gasteiger partial charge in [0.25, 0.3) is 0 Å². The van der Waals surface area contributed by atoms with Crippen LogP contribution in [0.3, 0.4) is 0 Å². The summed E-state index contributed by atoms with van der Waals surface area (Å²) in [4.78, 5) is 0. The number of hydrogen-bond acceptors (Lipinski definition) is 2. The first-order valence-electron chi connectivity index (χ1n) is 5.33. The predicted octanol–water partition coefficient (Wildman–Crippen LogP) is 1.93. The van der Waals surface area contributed by atoms with Crippen molar-refractivity contribution in [3.8, 4) is 0 Å². The van der Waals surface area contributed by atoms with Crippen LogP contribution in [0.25, 0.3) is 0 Å². The van der Waals surface area contributed by atoms with Crippen molar-refractivity contribution >= 4 is 0 Å². The average molecular weight is 185 g/mol. The van der Waals surface area contributed by atoms with Gasteiger partial charge in [-0.3, -0.25) is 0 Å². The summed E-state index contributed by atoms with van der Waals surface area (Å²) >= 11 is 0. The molecule has 0 atom stereocenters. The van der Waals surface area contributed by atoms with Crippen LogP contribution in [0.2, 0.25) is 0 Å². The second kappa shape index (κ2) is 3.97. The highest BCUT2D eigenvalue weighted by Crippen LogP contribution is 2.41. The summed E-state index contributed by atoms with van der Waals surface area (Å²) in [5.74, 6) is 0. The second-order valence-corrected chi connectivity index (χ2v) is 5.17. The summed E-state index contributed by atoms with van der Waals surface area (Å²) < 4.78 is 0. The average Bonchev–Trinajstić information content (AvgIpc) is 2.10. The Morgan fingerprint density at radius 3 is 2.08 bits per heavy atom. The highest BCUT2D eigenvalue weighted by molar-refractivity contribution is 4.94. The number of aliphatic hydroxyl groups is 1. The lowest BCUT2D eigenvalue weighted by atomic mass is 9.68. The molecule has 13 heavy (non-hydrogen) atoms. The van der Waals surface area contributed by atoms with Gasteiger partial charge < -0.3 is 10.4 Å². The molecule has 2 nitrogen and oxygen atoms in total. The van der Waals surface area contributed by atoms with Gasteiger partial charge in [0.15, 0.2) is 0 Å². The quantitative estimate of drug-likeness (QED) is 0.704. The van der Waals surface area contributed by atoms with E-state index in [1.807, 2.05) is 7.05 Å². The van der Waals surface area contributed by atoms with Crippen molar-refractivity contribution in [2.45, 2.75) is 51.5 Å². The number of hydrogen-bond donors (Lipinski definition) is 2. The van der Waals surface area contributed by atoms with E-state index < -0.39 is 0 Å². The maximum absolute atomic E-state index is 9.00. The van der Waals surface area contributed by atoms with Crippen LogP contribution < -0.4 is 5.32 Å². The lowest BCUT2D eigenvalue weighted by molar-refractivity contribution is 0.113. The fraction of sp³-hybridized carbons (Fsp3) is 1.00. The van der Waals surface area contributed by atoms with Gasteiger partial charge in [0.2, 0.25) is 0 Å². The summed E-state index contributed by atoms with van der Waals surface area (Å²) in [6.45, 7) is 4.98. The fourth-order valence-electron chi connectivity index (χ4n) is 2.24. The van der Waals surface area contributed by atoms with Crippen LogP contribution in [0, 0.1) is 5.41 Å². The van der Waals surface area contributed by atoms with Crippen molar-refractivity contribution in [3.05, 3.63) is 0 Å². The second-order valence-electron chi connectivity index (χ2n) is 5.17. The Kier molecular flexibility index (Phi) is 3.36. The van der Waals surface area contributed by atoms with E-state index in [0.29, 0.717) is 12.0 Å². The molecular formula is C11H23NO. The summed E-state index contributed by atoms with van der Waals surface area (Å²) in [5.41, 5.74) is 0.736. The third-order valence-corrected chi connectivity index (χ3v) is 3.68. The molecule has 0 aromatic carbocycles. The van der Waals surface area contributed by atoms with Gasteiger partial charge in [-0.15, -0.1) is 0 Å². The molecule has 0 aromatic heterocycles. The zero-order valence-electron chi connectivity index (χ0n) is 9.19. The molecule has 1 rings (SSSR count). The van der Waals surface area contributed by atoms with Gasteiger partial charge in [0, 0.05) is 12.1 Å². The maximum Gasteiger partial charge on any atom is 0.0448 e. The van der Waals surface area contributed by atoms with Gasteiger partial charge in [0.1, 0.15) is 0 Å². The van der Waals surface area contributed by atoms with E-state index in [-0.39, 0.29) is 5.54 Å². The van der Waals surface area contributed by atoms with E-state index in [2.05, 4.69) is 19.2 Å². The summed E-state index contributed by atoms with van der Waals surface area (Å²) in [6.07, 6.45) is 5.86. The van der Waals surface area contributed by atoms with Crippen LogP contribution in [0.1, 0.15) is 46.0 Å².